The van der Waals surface area contributed by atoms with Crippen molar-refractivity contribution in [2.75, 3.05) is 6.61 Å². The zero-order valence-corrected chi connectivity index (χ0v) is 17.0. The van der Waals surface area contributed by atoms with E-state index in [4.69, 9.17) is 4.18 Å². The highest BCUT2D eigenvalue weighted by molar-refractivity contribution is 7.86. The van der Waals surface area contributed by atoms with Crippen LogP contribution in [0.4, 0.5) is 0 Å². The van der Waals surface area contributed by atoms with Crippen LogP contribution in [0.3, 0.4) is 0 Å². The van der Waals surface area contributed by atoms with E-state index >= 15 is 0 Å². The smallest absolute Gasteiger partial charge is 0.296 e. The van der Waals surface area contributed by atoms with Crippen LogP contribution in [0.15, 0.2) is 29.2 Å². The maximum atomic E-state index is 12.6. The fraction of sp³-hybridized carbons (Fsp3) is 0.714. The Morgan fingerprint density at radius 1 is 1.15 bits per heavy atom. The number of hydrogen-bond donors (Lipinski definition) is 1. The van der Waals surface area contributed by atoms with Crippen LogP contribution in [0.2, 0.25) is 0 Å². The van der Waals surface area contributed by atoms with E-state index in [2.05, 4.69) is 20.8 Å². The van der Waals surface area contributed by atoms with E-state index in [0.29, 0.717) is 11.3 Å². The molecule has 3 saturated carbocycles. The van der Waals surface area contributed by atoms with Gasteiger partial charge in [-0.1, -0.05) is 38.5 Å². The van der Waals surface area contributed by atoms with Crippen molar-refractivity contribution in [3.05, 3.63) is 29.8 Å². The first-order valence-corrected chi connectivity index (χ1v) is 11.0. The second-order valence-corrected chi connectivity index (χ2v) is 11.6. The average Bonchev–Trinajstić information content (AvgIpc) is 3.06. The van der Waals surface area contributed by atoms with Gasteiger partial charge in [-0.15, -0.1) is 0 Å². The molecule has 3 aliphatic carbocycles. The van der Waals surface area contributed by atoms with Crippen molar-refractivity contribution in [3.63, 3.8) is 0 Å². The predicted octanol–water partition coefficient (Wildman–Crippen LogP) is 3.91. The molecule has 5 atom stereocenters. The highest BCUT2D eigenvalue weighted by Gasteiger charge is 2.71. The van der Waals surface area contributed by atoms with Gasteiger partial charge < -0.3 is 5.11 Å². The first-order chi connectivity index (χ1) is 12.0. The molecule has 0 aliphatic heterocycles. The van der Waals surface area contributed by atoms with Gasteiger partial charge in [0.15, 0.2) is 0 Å². The molecule has 3 fully saturated rings. The van der Waals surface area contributed by atoms with E-state index in [1.807, 2.05) is 6.92 Å². The number of hydrogen-bond acceptors (Lipinski definition) is 4. The summed E-state index contributed by atoms with van der Waals surface area (Å²) < 4.78 is 30.7. The third kappa shape index (κ3) is 2.58. The van der Waals surface area contributed by atoms with E-state index in [-0.39, 0.29) is 22.8 Å². The molecule has 0 saturated heterocycles. The predicted molar refractivity (Wildman–Crippen MR) is 100 cm³/mol. The maximum absolute atomic E-state index is 12.6. The molecule has 2 bridgehead atoms. The second-order valence-electron chi connectivity index (χ2n) is 9.98. The van der Waals surface area contributed by atoms with E-state index in [9.17, 15) is 13.5 Å². The molecular weight excluding hydrogens is 348 g/mol. The highest BCUT2D eigenvalue weighted by Crippen LogP contribution is 2.75. The van der Waals surface area contributed by atoms with E-state index < -0.39 is 21.6 Å². The molecule has 0 radical (unpaired) electrons. The lowest BCUT2D eigenvalue weighted by molar-refractivity contribution is -0.0436. The zero-order chi connectivity index (χ0) is 19.0. The minimum Gasteiger partial charge on any atom is -0.392 e. The SMILES string of the molecule is Cc1ccc(S(=O)(=O)OC[C@]23C[C@@H]4CC(C)(C)C[C@@]4(C2)[C@H](C)[C@@H]3O)cc1. The summed E-state index contributed by atoms with van der Waals surface area (Å²) in [6.45, 7) is 8.79. The molecule has 144 valence electrons. The molecule has 3 aliphatic rings. The maximum Gasteiger partial charge on any atom is 0.296 e. The van der Waals surface area contributed by atoms with Crippen molar-refractivity contribution in [2.45, 2.75) is 64.4 Å². The summed E-state index contributed by atoms with van der Waals surface area (Å²) in [5.74, 6) is 0.773. The van der Waals surface area contributed by atoms with Crippen LogP contribution in [0.1, 0.15) is 52.0 Å². The van der Waals surface area contributed by atoms with Gasteiger partial charge in [0.05, 0.1) is 17.6 Å². The van der Waals surface area contributed by atoms with E-state index in [0.717, 1.165) is 31.2 Å². The topological polar surface area (TPSA) is 63.6 Å². The number of fused-ring (bicyclic) bond motifs is 1. The van der Waals surface area contributed by atoms with Gasteiger partial charge in [0.25, 0.3) is 10.1 Å². The monoisotopic (exact) mass is 378 g/mol. The third-order valence-corrected chi connectivity index (χ3v) is 8.85. The van der Waals surface area contributed by atoms with Crippen molar-refractivity contribution < 1.29 is 17.7 Å². The van der Waals surface area contributed by atoms with Crippen LogP contribution in [-0.4, -0.2) is 26.2 Å². The van der Waals surface area contributed by atoms with Crippen LogP contribution < -0.4 is 0 Å². The van der Waals surface area contributed by atoms with Gasteiger partial charge in [0.2, 0.25) is 0 Å². The van der Waals surface area contributed by atoms with Gasteiger partial charge in [-0.25, -0.2) is 0 Å². The van der Waals surface area contributed by atoms with Crippen molar-refractivity contribution in [3.8, 4) is 0 Å². The summed E-state index contributed by atoms with van der Waals surface area (Å²) >= 11 is 0. The molecule has 1 spiro atoms. The Bertz CT molecular complexity index is 813. The van der Waals surface area contributed by atoms with Crippen LogP contribution in [0.5, 0.6) is 0 Å². The van der Waals surface area contributed by atoms with E-state index in [1.165, 1.54) is 0 Å². The Morgan fingerprint density at radius 2 is 1.81 bits per heavy atom. The van der Waals surface area contributed by atoms with Crippen LogP contribution in [0.25, 0.3) is 0 Å². The molecule has 0 amide bonds. The molecular formula is C21H30O4S. The van der Waals surface area contributed by atoms with Gasteiger partial charge in [-0.2, -0.15) is 8.42 Å². The molecule has 0 heterocycles. The Labute approximate surface area is 157 Å². The lowest BCUT2D eigenvalue weighted by Gasteiger charge is -2.40. The Balaban J connectivity index is 1.55. The number of rotatable bonds is 4. The van der Waals surface area contributed by atoms with Crippen molar-refractivity contribution >= 4 is 10.1 Å². The zero-order valence-electron chi connectivity index (χ0n) is 16.2. The lowest BCUT2D eigenvalue weighted by Crippen LogP contribution is -2.43. The molecule has 1 N–H and O–H groups in total. The lowest BCUT2D eigenvalue weighted by atomic mass is 9.68. The molecule has 0 unspecified atom stereocenters. The molecule has 4 nitrogen and oxygen atoms in total. The number of aliphatic hydroxyl groups is 1. The summed E-state index contributed by atoms with van der Waals surface area (Å²) in [5.41, 5.74) is 1.05. The van der Waals surface area contributed by atoms with Crippen LogP contribution >= 0.6 is 0 Å². The first-order valence-electron chi connectivity index (χ1n) is 9.64. The van der Waals surface area contributed by atoms with Crippen molar-refractivity contribution in [1.82, 2.24) is 0 Å². The quantitative estimate of drug-likeness (QED) is 0.807. The average molecular weight is 379 g/mol. The van der Waals surface area contributed by atoms with Crippen LogP contribution in [-0.2, 0) is 14.3 Å². The van der Waals surface area contributed by atoms with Gasteiger partial charge in [0.1, 0.15) is 0 Å². The summed E-state index contributed by atoms with van der Waals surface area (Å²) in [6, 6.07) is 6.73. The Hall–Kier alpha value is -0.910. The van der Waals surface area contributed by atoms with E-state index in [1.54, 1.807) is 24.3 Å². The fourth-order valence-electron chi connectivity index (χ4n) is 6.61. The van der Waals surface area contributed by atoms with Gasteiger partial charge in [0, 0.05) is 5.41 Å². The number of aryl methyl sites for hydroxylation is 1. The second kappa shape index (κ2) is 5.55. The van der Waals surface area contributed by atoms with Gasteiger partial charge in [-0.05, 0) is 67.4 Å². The molecule has 1 aromatic rings. The molecule has 4 rings (SSSR count). The third-order valence-electron chi connectivity index (χ3n) is 7.57. The minimum atomic E-state index is -3.80. The van der Waals surface area contributed by atoms with Crippen molar-refractivity contribution in [2.24, 2.45) is 28.1 Å². The Kier molecular flexibility index (Phi) is 3.94. The summed E-state index contributed by atoms with van der Waals surface area (Å²) in [7, 11) is -3.80. The molecule has 26 heavy (non-hydrogen) atoms. The van der Waals surface area contributed by atoms with Crippen molar-refractivity contribution in [1.29, 1.82) is 0 Å². The highest BCUT2D eigenvalue weighted by atomic mass is 32.2. The van der Waals surface area contributed by atoms with Crippen LogP contribution in [0, 0.1) is 35.0 Å². The Morgan fingerprint density at radius 3 is 2.46 bits per heavy atom. The summed E-state index contributed by atoms with van der Waals surface area (Å²) in [6.07, 6.45) is 3.57. The summed E-state index contributed by atoms with van der Waals surface area (Å²) in [4.78, 5) is 0.189. The normalized spacial score (nSPS) is 40.7. The first kappa shape index (κ1) is 18.5. The molecule has 1 aromatic carbocycles. The standard InChI is InChI=1S/C21H30O4S/c1-14-5-7-17(8-6-14)26(23,24)25-13-20-10-16-9-19(3,4)11-21(16,12-20)15(2)18(20)22/h5-8,15-16,18,22H,9-13H2,1-4H3/t15-,16+,18+,20+,21-/m1/s1. The number of aliphatic hydroxyl groups excluding tert-OH is 1. The number of benzene rings is 1. The minimum absolute atomic E-state index is 0.0907. The van der Waals surface area contributed by atoms with Gasteiger partial charge in [-0.3, -0.25) is 4.18 Å². The molecule has 5 heteroatoms. The summed E-state index contributed by atoms with van der Waals surface area (Å²) in [5, 5.41) is 11.0. The largest absolute Gasteiger partial charge is 0.392 e. The molecule has 0 aromatic heterocycles. The van der Waals surface area contributed by atoms with Gasteiger partial charge >= 0.3 is 0 Å². The fourth-order valence-corrected chi connectivity index (χ4v) is 7.60.